The van der Waals surface area contributed by atoms with Gasteiger partial charge in [-0.3, -0.25) is 0 Å². The monoisotopic (exact) mass is 352 g/mol. The summed E-state index contributed by atoms with van der Waals surface area (Å²) in [4.78, 5) is 4.20. The Hall–Kier alpha value is -2.06. The zero-order valence-electron chi connectivity index (χ0n) is 14.7. The number of imidazole rings is 1. The van der Waals surface area contributed by atoms with Crippen molar-refractivity contribution in [2.75, 3.05) is 0 Å². The standard InChI is InChI=1S/C22H25ClN2/c1-22(17-25-16-15-24-18-25,13-11-19-7-3-2-4-8-19)14-12-20-9-5-6-10-21(20)23/h2-10,15-16,18H,11-14,17H2,1H3. The normalized spacial score (nSPS) is 13.5. The van der Waals surface area contributed by atoms with Crippen LogP contribution >= 0.6 is 11.6 Å². The molecule has 2 aromatic carbocycles. The maximum atomic E-state index is 6.35. The van der Waals surface area contributed by atoms with Crippen molar-refractivity contribution in [2.24, 2.45) is 5.41 Å². The van der Waals surface area contributed by atoms with Gasteiger partial charge in [0.05, 0.1) is 6.33 Å². The van der Waals surface area contributed by atoms with E-state index < -0.39 is 0 Å². The molecular formula is C22H25ClN2. The Labute approximate surface area is 155 Å². The lowest BCUT2D eigenvalue weighted by molar-refractivity contribution is 0.229. The van der Waals surface area contributed by atoms with Gasteiger partial charge in [-0.05, 0) is 48.3 Å². The van der Waals surface area contributed by atoms with Crippen LogP contribution in [0.15, 0.2) is 73.3 Å². The van der Waals surface area contributed by atoms with Gasteiger partial charge < -0.3 is 4.57 Å². The van der Waals surface area contributed by atoms with E-state index in [-0.39, 0.29) is 5.41 Å². The number of aromatic nitrogens is 2. The van der Waals surface area contributed by atoms with Crippen molar-refractivity contribution in [1.29, 1.82) is 0 Å². The Morgan fingerprint density at radius 3 is 2.40 bits per heavy atom. The van der Waals surface area contributed by atoms with Gasteiger partial charge in [0, 0.05) is 24.0 Å². The minimum atomic E-state index is 0.190. The molecule has 1 atom stereocenters. The molecule has 1 unspecified atom stereocenters. The molecule has 0 aliphatic rings. The summed E-state index contributed by atoms with van der Waals surface area (Å²) in [5.41, 5.74) is 2.83. The van der Waals surface area contributed by atoms with Gasteiger partial charge in [0.2, 0.25) is 0 Å². The number of benzene rings is 2. The van der Waals surface area contributed by atoms with E-state index in [1.165, 1.54) is 11.1 Å². The minimum Gasteiger partial charge on any atom is -0.337 e. The fourth-order valence-electron chi connectivity index (χ4n) is 3.33. The molecule has 3 rings (SSSR count). The summed E-state index contributed by atoms with van der Waals surface area (Å²) in [7, 11) is 0. The van der Waals surface area contributed by atoms with Gasteiger partial charge in [0.25, 0.3) is 0 Å². The van der Waals surface area contributed by atoms with E-state index in [2.05, 4.69) is 65.1 Å². The number of nitrogens with zero attached hydrogens (tertiary/aromatic N) is 2. The molecule has 0 aliphatic carbocycles. The second kappa shape index (κ2) is 8.35. The van der Waals surface area contributed by atoms with Crippen LogP contribution in [-0.2, 0) is 19.4 Å². The van der Waals surface area contributed by atoms with Crippen LogP contribution in [0.25, 0.3) is 0 Å². The Balaban J connectivity index is 1.70. The fraction of sp³-hybridized carbons (Fsp3) is 0.318. The summed E-state index contributed by atoms with van der Waals surface area (Å²) in [6, 6.07) is 18.9. The quantitative estimate of drug-likeness (QED) is 0.500. The summed E-state index contributed by atoms with van der Waals surface area (Å²) in [5.74, 6) is 0. The van der Waals surface area contributed by atoms with Crippen molar-refractivity contribution < 1.29 is 0 Å². The van der Waals surface area contributed by atoms with E-state index in [4.69, 9.17) is 11.6 Å². The highest BCUT2D eigenvalue weighted by atomic mass is 35.5. The summed E-state index contributed by atoms with van der Waals surface area (Å²) in [5, 5.41) is 0.871. The highest BCUT2D eigenvalue weighted by molar-refractivity contribution is 6.31. The molecule has 130 valence electrons. The molecule has 2 nitrogen and oxygen atoms in total. The van der Waals surface area contributed by atoms with E-state index in [0.29, 0.717) is 0 Å². The van der Waals surface area contributed by atoms with Gasteiger partial charge in [-0.25, -0.2) is 4.98 Å². The summed E-state index contributed by atoms with van der Waals surface area (Å²) in [6.45, 7) is 3.36. The van der Waals surface area contributed by atoms with Crippen molar-refractivity contribution in [3.63, 3.8) is 0 Å². The number of halogens is 1. The highest BCUT2D eigenvalue weighted by Crippen LogP contribution is 2.33. The van der Waals surface area contributed by atoms with Gasteiger partial charge in [0.1, 0.15) is 0 Å². The van der Waals surface area contributed by atoms with Crippen molar-refractivity contribution in [2.45, 2.75) is 39.2 Å². The van der Waals surface area contributed by atoms with Gasteiger partial charge in [0.15, 0.2) is 0 Å². The largest absolute Gasteiger partial charge is 0.337 e. The lowest BCUT2D eigenvalue weighted by Crippen LogP contribution is -2.25. The average molecular weight is 353 g/mol. The molecule has 3 aromatic rings. The molecule has 25 heavy (non-hydrogen) atoms. The number of hydrogen-bond acceptors (Lipinski definition) is 1. The summed E-state index contributed by atoms with van der Waals surface area (Å²) >= 11 is 6.35. The smallest absolute Gasteiger partial charge is 0.0946 e. The average Bonchev–Trinajstić information content (AvgIpc) is 3.13. The Bertz CT molecular complexity index is 768. The van der Waals surface area contributed by atoms with E-state index >= 15 is 0 Å². The molecule has 1 aromatic heterocycles. The molecule has 0 aliphatic heterocycles. The van der Waals surface area contributed by atoms with Gasteiger partial charge >= 0.3 is 0 Å². The fourth-order valence-corrected chi connectivity index (χ4v) is 3.56. The van der Waals surface area contributed by atoms with Crippen LogP contribution in [0.2, 0.25) is 5.02 Å². The Morgan fingerprint density at radius 1 is 0.960 bits per heavy atom. The molecule has 3 heteroatoms. The lowest BCUT2D eigenvalue weighted by atomic mass is 9.79. The highest BCUT2D eigenvalue weighted by Gasteiger charge is 2.25. The van der Waals surface area contributed by atoms with Crippen molar-refractivity contribution in [1.82, 2.24) is 9.55 Å². The van der Waals surface area contributed by atoms with Gasteiger partial charge in [-0.1, -0.05) is 67.1 Å². The second-order valence-corrected chi connectivity index (χ2v) is 7.53. The molecule has 0 saturated carbocycles. The molecule has 0 saturated heterocycles. The minimum absolute atomic E-state index is 0.190. The van der Waals surface area contributed by atoms with Crippen LogP contribution < -0.4 is 0 Å². The predicted molar refractivity (Wildman–Crippen MR) is 105 cm³/mol. The summed E-state index contributed by atoms with van der Waals surface area (Å²) in [6.07, 6.45) is 10.1. The zero-order valence-corrected chi connectivity index (χ0v) is 15.5. The third kappa shape index (κ3) is 5.20. The van der Waals surface area contributed by atoms with Crippen LogP contribution in [0.3, 0.4) is 0 Å². The first-order chi connectivity index (χ1) is 12.1. The molecular weight excluding hydrogens is 328 g/mol. The molecule has 0 spiro atoms. The molecule has 0 radical (unpaired) electrons. The number of rotatable bonds is 8. The van der Waals surface area contributed by atoms with Crippen LogP contribution in [-0.4, -0.2) is 9.55 Å². The Kier molecular flexibility index (Phi) is 5.93. The first-order valence-corrected chi connectivity index (χ1v) is 9.26. The third-order valence-corrected chi connectivity index (χ3v) is 5.31. The molecule has 0 fully saturated rings. The SMILES string of the molecule is CC(CCc1ccccc1)(CCc1ccccc1Cl)Cn1ccnc1. The summed E-state index contributed by atoms with van der Waals surface area (Å²) < 4.78 is 2.19. The van der Waals surface area contributed by atoms with Crippen molar-refractivity contribution >= 4 is 11.6 Å². The van der Waals surface area contributed by atoms with Crippen LogP contribution in [0, 0.1) is 5.41 Å². The third-order valence-electron chi connectivity index (χ3n) is 4.94. The first kappa shape index (κ1) is 17.8. The van der Waals surface area contributed by atoms with E-state index in [0.717, 1.165) is 37.3 Å². The number of aryl methyl sites for hydroxylation is 2. The van der Waals surface area contributed by atoms with E-state index in [1.807, 2.05) is 24.7 Å². The van der Waals surface area contributed by atoms with E-state index in [9.17, 15) is 0 Å². The van der Waals surface area contributed by atoms with Crippen LogP contribution in [0.5, 0.6) is 0 Å². The van der Waals surface area contributed by atoms with Crippen LogP contribution in [0.1, 0.15) is 30.9 Å². The van der Waals surface area contributed by atoms with Gasteiger partial charge in [-0.15, -0.1) is 0 Å². The lowest BCUT2D eigenvalue weighted by Gasteiger charge is -2.30. The van der Waals surface area contributed by atoms with E-state index in [1.54, 1.807) is 0 Å². The van der Waals surface area contributed by atoms with Crippen LogP contribution in [0.4, 0.5) is 0 Å². The molecule has 0 bridgehead atoms. The maximum absolute atomic E-state index is 6.35. The molecule has 0 N–H and O–H groups in total. The molecule has 1 heterocycles. The molecule has 0 amide bonds. The Morgan fingerprint density at radius 2 is 1.68 bits per heavy atom. The topological polar surface area (TPSA) is 17.8 Å². The first-order valence-electron chi connectivity index (χ1n) is 8.88. The van der Waals surface area contributed by atoms with Crippen molar-refractivity contribution in [3.05, 3.63) is 89.5 Å². The van der Waals surface area contributed by atoms with Crippen molar-refractivity contribution in [3.8, 4) is 0 Å². The maximum Gasteiger partial charge on any atom is 0.0946 e. The second-order valence-electron chi connectivity index (χ2n) is 7.12. The zero-order chi connectivity index (χ0) is 17.5. The number of hydrogen-bond donors (Lipinski definition) is 0. The predicted octanol–water partition coefficient (Wildman–Crippen LogP) is 5.81. The van der Waals surface area contributed by atoms with Gasteiger partial charge in [-0.2, -0.15) is 0 Å².